The van der Waals surface area contributed by atoms with Crippen molar-refractivity contribution in [1.82, 2.24) is 15.1 Å². The fourth-order valence-corrected chi connectivity index (χ4v) is 2.82. The van der Waals surface area contributed by atoms with Crippen molar-refractivity contribution >= 4 is 23.1 Å². The highest BCUT2D eigenvalue weighted by atomic mass is 16.7. The van der Waals surface area contributed by atoms with E-state index in [0.717, 1.165) is 21.4 Å². The van der Waals surface area contributed by atoms with Crippen LogP contribution in [-0.4, -0.2) is 27.1 Å². The predicted octanol–water partition coefficient (Wildman–Crippen LogP) is 2.76. The van der Waals surface area contributed by atoms with Crippen LogP contribution in [0, 0.1) is 13.8 Å². The average molecular weight is 355 g/mol. The van der Waals surface area contributed by atoms with Gasteiger partial charge in [0.1, 0.15) is 11.1 Å². The molecule has 0 fully saturated rings. The summed E-state index contributed by atoms with van der Waals surface area (Å²) in [5, 5.41) is 14.1. The van der Waals surface area contributed by atoms with Gasteiger partial charge in [0.25, 0.3) is 5.56 Å². The molecule has 26 heavy (non-hydrogen) atoms. The molecule has 0 unspecified atom stereocenters. The first kappa shape index (κ1) is 17.3. The Kier molecular flexibility index (Phi) is 4.49. The number of nitrogens with zero attached hydrogens (tertiary/aromatic N) is 1. The lowest BCUT2D eigenvalue weighted by Crippen LogP contribution is -2.35. The van der Waals surface area contributed by atoms with Gasteiger partial charge >= 0.3 is 12.2 Å². The third kappa shape index (κ3) is 3.16. The number of fused-ring (bicyclic) bond motifs is 1. The lowest BCUT2D eigenvalue weighted by molar-refractivity contribution is 0.145. The summed E-state index contributed by atoms with van der Waals surface area (Å²) in [4.78, 5) is 35.7. The maximum Gasteiger partial charge on any atom is 0.511 e. The zero-order chi connectivity index (χ0) is 18.8. The molecule has 0 saturated heterocycles. The summed E-state index contributed by atoms with van der Waals surface area (Å²) in [6, 6.07) is 9.61. The Hall–Kier alpha value is -3.55. The molecule has 0 aliphatic rings. The minimum Gasteiger partial charge on any atom is -0.449 e. The summed E-state index contributed by atoms with van der Waals surface area (Å²) in [5.74, 6) is -0.127. The first-order chi connectivity index (χ1) is 12.4. The number of hydrogen-bond donors (Lipinski definition) is 3. The van der Waals surface area contributed by atoms with Gasteiger partial charge in [-0.1, -0.05) is 24.3 Å². The van der Waals surface area contributed by atoms with Gasteiger partial charge in [-0.15, -0.1) is 0 Å². The third-order valence-corrected chi connectivity index (χ3v) is 4.14. The van der Waals surface area contributed by atoms with Crippen LogP contribution in [0.2, 0.25) is 0 Å². The quantitative estimate of drug-likeness (QED) is 0.494. The van der Waals surface area contributed by atoms with Crippen LogP contribution in [0.5, 0.6) is 5.75 Å². The first-order valence-electron chi connectivity index (χ1n) is 7.86. The molecule has 3 N–H and O–H groups in total. The summed E-state index contributed by atoms with van der Waals surface area (Å²) in [7, 11) is 0. The normalized spacial score (nSPS) is 10.7. The van der Waals surface area contributed by atoms with Crippen LogP contribution in [0.25, 0.3) is 10.9 Å². The monoisotopic (exact) mass is 355 g/mol. The van der Waals surface area contributed by atoms with Gasteiger partial charge in [-0.2, -0.15) is 4.68 Å². The van der Waals surface area contributed by atoms with Crippen LogP contribution in [0.15, 0.2) is 41.2 Å². The van der Waals surface area contributed by atoms with Crippen LogP contribution in [-0.2, 0) is 6.54 Å². The van der Waals surface area contributed by atoms with E-state index in [-0.39, 0.29) is 17.7 Å². The van der Waals surface area contributed by atoms with Crippen LogP contribution in [0.3, 0.4) is 0 Å². The van der Waals surface area contributed by atoms with Crippen molar-refractivity contribution in [2.45, 2.75) is 20.4 Å². The Morgan fingerprint density at radius 2 is 1.81 bits per heavy atom. The minimum atomic E-state index is -1.54. The standard InChI is InChI=1S/C18H17N3O5/c1-10-5-3-6-11(2)12(10)9-19-17(23)21-16(22)15-13(20-21)7-4-8-14(15)26-18(24)25/h3-8,20H,9H2,1-2H3,(H,19,23)(H,24,25). The molecule has 0 radical (unpaired) electrons. The molecule has 3 aromatic rings. The summed E-state index contributed by atoms with van der Waals surface area (Å²) >= 11 is 0. The lowest BCUT2D eigenvalue weighted by Gasteiger charge is -2.10. The predicted molar refractivity (Wildman–Crippen MR) is 94.8 cm³/mol. The maximum atomic E-state index is 12.5. The molecule has 0 spiro atoms. The SMILES string of the molecule is Cc1cccc(C)c1CNC(=O)n1[nH]c2cccc(OC(=O)O)c2c1=O. The lowest BCUT2D eigenvalue weighted by atomic mass is 10.0. The van der Waals surface area contributed by atoms with E-state index in [0.29, 0.717) is 5.52 Å². The number of carbonyl (C=O) groups is 2. The fourth-order valence-electron chi connectivity index (χ4n) is 2.82. The van der Waals surface area contributed by atoms with Crippen LogP contribution in [0.4, 0.5) is 9.59 Å². The number of carboxylic acid groups (broad SMARTS) is 1. The van der Waals surface area contributed by atoms with Gasteiger partial charge in [-0.3, -0.25) is 9.89 Å². The number of ether oxygens (including phenoxy) is 1. The van der Waals surface area contributed by atoms with E-state index in [1.54, 1.807) is 6.07 Å². The molecule has 1 aromatic heterocycles. The van der Waals surface area contributed by atoms with Crippen molar-refractivity contribution in [1.29, 1.82) is 0 Å². The molecule has 3 rings (SSSR count). The number of rotatable bonds is 3. The molecule has 1 heterocycles. The van der Waals surface area contributed by atoms with E-state index in [9.17, 15) is 14.4 Å². The van der Waals surface area contributed by atoms with Crippen molar-refractivity contribution < 1.29 is 19.4 Å². The van der Waals surface area contributed by atoms with Gasteiger partial charge in [0.2, 0.25) is 0 Å². The number of aryl methyl sites for hydroxylation is 2. The molecule has 0 aliphatic heterocycles. The number of H-pyrrole nitrogens is 1. The number of amides is 1. The molecular formula is C18H17N3O5. The molecule has 0 saturated carbocycles. The van der Waals surface area contributed by atoms with Crippen molar-refractivity contribution in [3.63, 3.8) is 0 Å². The topological polar surface area (TPSA) is 113 Å². The van der Waals surface area contributed by atoms with Crippen molar-refractivity contribution in [3.8, 4) is 5.75 Å². The van der Waals surface area contributed by atoms with E-state index < -0.39 is 17.7 Å². The van der Waals surface area contributed by atoms with E-state index in [4.69, 9.17) is 5.11 Å². The Bertz CT molecular complexity index is 1040. The number of aromatic amines is 1. The molecule has 1 amide bonds. The number of carbonyl (C=O) groups excluding carboxylic acids is 1. The van der Waals surface area contributed by atoms with Crippen LogP contribution in [0.1, 0.15) is 16.7 Å². The summed E-state index contributed by atoms with van der Waals surface area (Å²) in [6.07, 6.45) is -1.54. The molecule has 134 valence electrons. The number of benzene rings is 2. The highest BCUT2D eigenvalue weighted by Crippen LogP contribution is 2.21. The Morgan fingerprint density at radius 3 is 2.46 bits per heavy atom. The van der Waals surface area contributed by atoms with Crippen LogP contribution >= 0.6 is 0 Å². The largest absolute Gasteiger partial charge is 0.511 e. The summed E-state index contributed by atoms with van der Waals surface area (Å²) in [5.41, 5.74) is 2.66. The zero-order valence-electron chi connectivity index (χ0n) is 14.2. The fraction of sp³-hybridized carbons (Fsp3) is 0.167. The molecular weight excluding hydrogens is 338 g/mol. The van der Waals surface area contributed by atoms with Gasteiger partial charge in [0.15, 0.2) is 0 Å². The molecule has 0 aliphatic carbocycles. The van der Waals surface area contributed by atoms with E-state index in [2.05, 4.69) is 15.2 Å². The van der Waals surface area contributed by atoms with Gasteiger partial charge in [-0.25, -0.2) is 9.59 Å². The maximum absolute atomic E-state index is 12.5. The van der Waals surface area contributed by atoms with Gasteiger partial charge in [0.05, 0.1) is 5.52 Å². The minimum absolute atomic E-state index is 0.00266. The summed E-state index contributed by atoms with van der Waals surface area (Å²) in [6.45, 7) is 4.15. The average Bonchev–Trinajstić information content (AvgIpc) is 2.92. The highest BCUT2D eigenvalue weighted by molar-refractivity contribution is 5.89. The molecule has 8 nitrogen and oxygen atoms in total. The molecule has 0 atom stereocenters. The highest BCUT2D eigenvalue weighted by Gasteiger charge is 2.18. The van der Waals surface area contributed by atoms with E-state index in [1.165, 1.54) is 12.1 Å². The molecule has 8 heteroatoms. The van der Waals surface area contributed by atoms with Crippen molar-refractivity contribution in [2.75, 3.05) is 0 Å². The number of aromatic nitrogens is 2. The smallest absolute Gasteiger partial charge is 0.449 e. The van der Waals surface area contributed by atoms with Gasteiger partial charge in [-0.05, 0) is 42.7 Å². The number of hydrogen-bond acceptors (Lipinski definition) is 4. The second-order valence-electron chi connectivity index (χ2n) is 5.83. The Morgan fingerprint density at radius 1 is 1.15 bits per heavy atom. The Labute approximate surface area is 148 Å². The Balaban J connectivity index is 1.91. The van der Waals surface area contributed by atoms with Crippen molar-refractivity contribution in [3.05, 3.63) is 63.4 Å². The van der Waals surface area contributed by atoms with Gasteiger partial charge in [0, 0.05) is 6.54 Å². The number of nitrogens with one attached hydrogen (secondary N) is 2. The molecule has 2 aromatic carbocycles. The zero-order valence-corrected chi connectivity index (χ0v) is 14.2. The molecule has 0 bridgehead atoms. The van der Waals surface area contributed by atoms with E-state index in [1.807, 2.05) is 32.0 Å². The first-order valence-corrected chi connectivity index (χ1v) is 7.86. The van der Waals surface area contributed by atoms with Gasteiger partial charge < -0.3 is 15.2 Å². The van der Waals surface area contributed by atoms with E-state index >= 15 is 0 Å². The third-order valence-electron chi connectivity index (χ3n) is 4.14. The van der Waals surface area contributed by atoms with Crippen molar-refractivity contribution in [2.24, 2.45) is 0 Å². The van der Waals surface area contributed by atoms with Crippen LogP contribution < -0.4 is 15.6 Å². The second-order valence-corrected chi connectivity index (χ2v) is 5.83. The second kappa shape index (κ2) is 6.75. The summed E-state index contributed by atoms with van der Waals surface area (Å²) < 4.78 is 5.41.